The zero-order valence-corrected chi connectivity index (χ0v) is 13.2. The third-order valence-corrected chi connectivity index (χ3v) is 3.53. The predicted molar refractivity (Wildman–Crippen MR) is 82.8 cm³/mol. The molecule has 0 saturated heterocycles. The molecule has 0 aromatic heterocycles. The molecule has 0 saturated carbocycles. The van der Waals surface area contributed by atoms with Gasteiger partial charge in [-0.1, -0.05) is 26.0 Å². The molecule has 1 unspecified atom stereocenters. The van der Waals surface area contributed by atoms with Crippen LogP contribution in [0.5, 0.6) is 0 Å². The summed E-state index contributed by atoms with van der Waals surface area (Å²) in [6.07, 6.45) is 2.22. The van der Waals surface area contributed by atoms with Gasteiger partial charge in [0.25, 0.3) is 0 Å². The first-order chi connectivity index (χ1) is 9.10. The van der Waals surface area contributed by atoms with Crippen LogP contribution in [0.1, 0.15) is 55.0 Å². The van der Waals surface area contributed by atoms with Crippen LogP contribution >= 0.6 is 0 Å². The number of nitrogens with one attached hydrogen (secondary N) is 1. The second-order valence-corrected chi connectivity index (χ2v) is 5.37. The molecule has 1 aromatic carbocycles. The molecule has 2 heteroatoms. The van der Waals surface area contributed by atoms with Crippen molar-refractivity contribution in [2.24, 2.45) is 0 Å². The van der Waals surface area contributed by atoms with Crippen LogP contribution in [0.3, 0.4) is 0 Å². The van der Waals surface area contributed by atoms with Crippen molar-refractivity contribution in [3.63, 3.8) is 0 Å². The van der Waals surface area contributed by atoms with Gasteiger partial charge in [0.2, 0.25) is 0 Å². The summed E-state index contributed by atoms with van der Waals surface area (Å²) in [6.45, 7) is 13.5. The summed E-state index contributed by atoms with van der Waals surface area (Å²) < 4.78 is 5.76. The van der Waals surface area contributed by atoms with Gasteiger partial charge in [0, 0.05) is 6.61 Å². The smallest absolute Gasteiger partial charge is 0.0661 e. The van der Waals surface area contributed by atoms with Gasteiger partial charge in [-0.25, -0.2) is 0 Å². The van der Waals surface area contributed by atoms with Crippen LogP contribution in [-0.2, 0) is 4.74 Å². The fourth-order valence-electron chi connectivity index (χ4n) is 2.28. The largest absolute Gasteiger partial charge is 0.379 e. The van der Waals surface area contributed by atoms with Gasteiger partial charge >= 0.3 is 0 Å². The highest BCUT2D eigenvalue weighted by atomic mass is 16.5. The van der Waals surface area contributed by atoms with Crippen LogP contribution in [0.2, 0.25) is 0 Å². The first kappa shape index (κ1) is 16.2. The van der Waals surface area contributed by atoms with Crippen LogP contribution in [0, 0.1) is 20.8 Å². The zero-order chi connectivity index (χ0) is 14.3. The Balaban J connectivity index is 2.85. The van der Waals surface area contributed by atoms with Crippen molar-refractivity contribution in [2.75, 3.05) is 19.8 Å². The van der Waals surface area contributed by atoms with Crippen molar-refractivity contribution in [1.82, 2.24) is 5.32 Å². The topological polar surface area (TPSA) is 21.3 Å². The van der Waals surface area contributed by atoms with Crippen molar-refractivity contribution < 1.29 is 4.74 Å². The summed E-state index contributed by atoms with van der Waals surface area (Å²) in [6, 6.07) is 4.91. The molecule has 0 fully saturated rings. The van der Waals surface area contributed by atoms with Gasteiger partial charge in [-0.2, -0.15) is 0 Å². The summed E-state index contributed by atoms with van der Waals surface area (Å²) >= 11 is 0. The first-order valence-corrected chi connectivity index (χ1v) is 7.49. The fraction of sp³-hybridized carbons (Fsp3) is 0.647. The highest BCUT2D eigenvalue weighted by Crippen LogP contribution is 2.22. The van der Waals surface area contributed by atoms with E-state index in [2.05, 4.69) is 52.1 Å². The molecule has 0 spiro atoms. The average Bonchev–Trinajstić information content (AvgIpc) is 2.38. The summed E-state index contributed by atoms with van der Waals surface area (Å²) in [5.74, 6) is 0. The Hall–Kier alpha value is -0.860. The van der Waals surface area contributed by atoms with E-state index >= 15 is 0 Å². The average molecular weight is 263 g/mol. The molecule has 0 aliphatic rings. The molecule has 0 aliphatic carbocycles. The maximum absolute atomic E-state index is 5.76. The number of ether oxygens (including phenoxy) is 1. The van der Waals surface area contributed by atoms with Crippen molar-refractivity contribution in [1.29, 1.82) is 0 Å². The van der Waals surface area contributed by atoms with Gasteiger partial charge < -0.3 is 10.1 Å². The molecule has 0 heterocycles. The Morgan fingerprint density at radius 2 is 1.68 bits per heavy atom. The maximum Gasteiger partial charge on any atom is 0.0661 e. The third kappa shape index (κ3) is 4.96. The Morgan fingerprint density at radius 3 is 2.32 bits per heavy atom. The summed E-state index contributed by atoms with van der Waals surface area (Å²) in [4.78, 5) is 0. The Bertz CT molecular complexity index is 387. The normalized spacial score (nSPS) is 12.7. The van der Waals surface area contributed by atoms with E-state index in [-0.39, 0.29) is 0 Å². The van der Waals surface area contributed by atoms with E-state index in [1.54, 1.807) is 0 Å². The molecule has 0 radical (unpaired) electrons. The maximum atomic E-state index is 5.76. The lowest BCUT2D eigenvalue weighted by atomic mass is 9.96. The van der Waals surface area contributed by atoms with Crippen LogP contribution in [0.25, 0.3) is 0 Å². The van der Waals surface area contributed by atoms with Crippen LogP contribution in [0.15, 0.2) is 12.1 Å². The second kappa shape index (κ2) is 8.34. The molecular weight excluding hydrogens is 234 g/mol. The van der Waals surface area contributed by atoms with Gasteiger partial charge in [-0.3, -0.25) is 0 Å². The lowest BCUT2D eigenvalue weighted by molar-refractivity contribution is 0.112. The molecule has 108 valence electrons. The molecule has 1 atom stereocenters. The fourth-order valence-corrected chi connectivity index (χ4v) is 2.28. The number of hydrogen-bond acceptors (Lipinski definition) is 2. The minimum atomic E-state index is 0.311. The first-order valence-electron chi connectivity index (χ1n) is 7.49. The van der Waals surface area contributed by atoms with E-state index in [0.717, 1.165) is 32.6 Å². The van der Waals surface area contributed by atoms with E-state index in [4.69, 9.17) is 4.74 Å². The highest BCUT2D eigenvalue weighted by Gasteiger charge is 2.14. The summed E-state index contributed by atoms with van der Waals surface area (Å²) in [5, 5.41) is 3.61. The number of rotatable bonds is 8. The van der Waals surface area contributed by atoms with Crippen LogP contribution < -0.4 is 5.32 Å². The van der Waals surface area contributed by atoms with Crippen molar-refractivity contribution in [3.05, 3.63) is 34.4 Å². The quantitative estimate of drug-likeness (QED) is 0.714. The highest BCUT2D eigenvalue weighted by molar-refractivity contribution is 5.38. The van der Waals surface area contributed by atoms with E-state index < -0.39 is 0 Å². The lowest BCUT2D eigenvalue weighted by Crippen LogP contribution is -2.27. The summed E-state index contributed by atoms with van der Waals surface area (Å²) in [7, 11) is 0. The van der Waals surface area contributed by atoms with Gasteiger partial charge in [-0.05, 0) is 62.4 Å². The Morgan fingerprint density at radius 1 is 1.00 bits per heavy atom. The summed E-state index contributed by atoms with van der Waals surface area (Å²) in [5.41, 5.74) is 5.47. The molecule has 0 bridgehead atoms. The van der Waals surface area contributed by atoms with Gasteiger partial charge in [0.15, 0.2) is 0 Å². The third-order valence-electron chi connectivity index (χ3n) is 3.53. The molecular formula is C17H29NO. The standard InChI is InChI=1S/C17H29NO/c1-6-8-18-17(12-19-9-7-2)16-11-14(4)13(3)10-15(16)5/h10-11,17-18H,6-9,12H2,1-5H3. The zero-order valence-electron chi connectivity index (χ0n) is 13.2. The van der Waals surface area contributed by atoms with Gasteiger partial charge in [-0.15, -0.1) is 0 Å². The van der Waals surface area contributed by atoms with Crippen molar-refractivity contribution >= 4 is 0 Å². The second-order valence-electron chi connectivity index (χ2n) is 5.37. The van der Waals surface area contributed by atoms with Gasteiger partial charge in [0.1, 0.15) is 0 Å². The van der Waals surface area contributed by atoms with Crippen molar-refractivity contribution in [2.45, 2.75) is 53.5 Å². The number of benzene rings is 1. The minimum Gasteiger partial charge on any atom is -0.379 e. The monoisotopic (exact) mass is 263 g/mol. The lowest BCUT2D eigenvalue weighted by Gasteiger charge is -2.22. The molecule has 0 aliphatic heterocycles. The number of aryl methyl sites for hydroxylation is 3. The molecule has 1 N–H and O–H groups in total. The molecule has 0 amide bonds. The minimum absolute atomic E-state index is 0.311. The Kier molecular flexibility index (Phi) is 7.11. The molecule has 19 heavy (non-hydrogen) atoms. The predicted octanol–water partition coefficient (Wildman–Crippen LogP) is 4.08. The van der Waals surface area contributed by atoms with E-state index in [9.17, 15) is 0 Å². The molecule has 1 rings (SSSR count). The van der Waals surface area contributed by atoms with Crippen LogP contribution in [0.4, 0.5) is 0 Å². The number of hydrogen-bond donors (Lipinski definition) is 1. The Labute approximate surface area is 118 Å². The van der Waals surface area contributed by atoms with E-state index in [0.29, 0.717) is 6.04 Å². The SMILES string of the molecule is CCCNC(COCCC)c1cc(C)c(C)cc1C. The van der Waals surface area contributed by atoms with E-state index in [1.165, 1.54) is 22.3 Å². The molecule has 1 aromatic rings. The van der Waals surface area contributed by atoms with Crippen molar-refractivity contribution in [3.8, 4) is 0 Å². The molecule has 2 nitrogen and oxygen atoms in total. The van der Waals surface area contributed by atoms with Crippen LogP contribution in [-0.4, -0.2) is 19.8 Å². The van der Waals surface area contributed by atoms with Gasteiger partial charge in [0.05, 0.1) is 12.6 Å². The van der Waals surface area contributed by atoms with E-state index in [1.807, 2.05) is 0 Å².